The van der Waals surface area contributed by atoms with Gasteiger partial charge in [0.2, 0.25) is 10.0 Å². The fraction of sp³-hybridized carbons (Fsp3) is 0.318. The maximum Gasteiger partial charge on any atom is 0.336 e. The summed E-state index contributed by atoms with van der Waals surface area (Å²) in [6, 6.07) is 10.3. The summed E-state index contributed by atoms with van der Waals surface area (Å²) < 4.78 is 45.5. The molecule has 6 nitrogen and oxygen atoms in total. The van der Waals surface area contributed by atoms with Gasteiger partial charge in [-0.2, -0.15) is 4.31 Å². The fourth-order valence-electron chi connectivity index (χ4n) is 3.74. The van der Waals surface area contributed by atoms with Crippen molar-refractivity contribution in [2.45, 2.75) is 25.3 Å². The zero-order valence-corrected chi connectivity index (χ0v) is 17.7. The molecule has 0 radical (unpaired) electrons. The molecule has 0 saturated carbocycles. The summed E-state index contributed by atoms with van der Waals surface area (Å²) in [4.78, 5) is 14.2. The Labute approximate surface area is 174 Å². The Morgan fingerprint density at radius 1 is 0.967 bits per heavy atom. The highest BCUT2D eigenvalue weighted by Gasteiger charge is 2.28. The molecule has 1 aromatic heterocycles. The number of aryl methyl sites for hydroxylation is 2. The molecular formula is C22H23FN2O4S. The number of benzene rings is 2. The minimum absolute atomic E-state index is 0.0925. The molecule has 1 aliphatic heterocycles. The van der Waals surface area contributed by atoms with Gasteiger partial charge in [-0.05, 0) is 66.9 Å². The molecule has 0 N–H and O–H groups in total. The lowest BCUT2D eigenvalue weighted by atomic mass is 10.0. The first-order valence-electron chi connectivity index (χ1n) is 9.76. The third kappa shape index (κ3) is 4.03. The summed E-state index contributed by atoms with van der Waals surface area (Å²) in [6.07, 6.45) is 0. The second-order valence-electron chi connectivity index (χ2n) is 7.66. The van der Waals surface area contributed by atoms with E-state index < -0.39 is 21.5 Å². The van der Waals surface area contributed by atoms with Crippen LogP contribution in [-0.4, -0.2) is 43.8 Å². The molecule has 1 aliphatic rings. The fourth-order valence-corrected chi connectivity index (χ4v) is 5.16. The van der Waals surface area contributed by atoms with Crippen LogP contribution in [0.1, 0.15) is 16.7 Å². The van der Waals surface area contributed by atoms with Crippen LogP contribution in [0.4, 0.5) is 4.39 Å². The molecule has 0 spiro atoms. The average Bonchev–Trinajstić information content (AvgIpc) is 2.70. The molecule has 8 heteroatoms. The normalized spacial score (nSPS) is 16.2. The number of halogens is 1. The number of rotatable bonds is 4. The molecule has 2 aromatic carbocycles. The predicted octanol–water partition coefficient (Wildman–Crippen LogP) is 3.06. The summed E-state index contributed by atoms with van der Waals surface area (Å²) in [5.74, 6) is -0.469. The summed E-state index contributed by atoms with van der Waals surface area (Å²) in [6.45, 7) is 6.26. The van der Waals surface area contributed by atoms with Crippen LogP contribution in [-0.2, 0) is 16.6 Å². The van der Waals surface area contributed by atoms with Crippen LogP contribution in [0.15, 0.2) is 56.6 Å². The topological polar surface area (TPSA) is 70.8 Å². The van der Waals surface area contributed by atoms with E-state index in [1.807, 2.05) is 26.0 Å². The maximum absolute atomic E-state index is 13.1. The minimum atomic E-state index is -3.65. The van der Waals surface area contributed by atoms with E-state index in [1.54, 1.807) is 0 Å². The Hall–Kier alpha value is -2.55. The van der Waals surface area contributed by atoms with Crippen LogP contribution in [0.5, 0.6) is 0 Å². The highest BCUT2D eigenvalue weighted by Crippen LogP contribution is 2.24. The van der Waals surface area contributed by atoms with Crippen molar-refractivity contribution in [3.05, 3.63) is 75.4 Å². The van der Waals surface area contributed by atoms with E-state index in [0.717, 1.165) is 34.2 Å². The SMILES string of the molecule is Cc1cc2oc(=O)cc(CN3CCN(S(=O)(=O)c4ccc(F)cc4)CC3)c2cc1C. The monoisotopic (exact) mass is 430 g/mol. The van der Waals surface area contributed by atoms with Crippen molar-refractivity contribution in [1.29, 1.82) is 0 Å². The molecule has 30 heavy (non-hydrogen) atoms. The van der Waals surface area contributed by atoms with Crippen LogP contribution in [0.3, 0.4) is 0 Å². The van der Waals surface area contributed by atoms with E-state index >= 15 is 0 Å². The average molecular weight is 431 g/mol. The standard InChI is InChI=1S/C22H23FN2O4S/c1-15-11-20-17(13-22(26)29-21(20)12-16(15)2)14-24-7-9-25(10-8-24)30(27,28)19-5-3-18(23)4-6-19/h3-6,11-13H,7-10,14H2,1-2H3. The Balaban J connectivity index is 1.51. The van der Waals surface area contributed by atoms with Gasteiger partial charge in [-0.3, -0.25) is 4.90 Å². The Morgan fingerprint density at radius 2 is 1.60 bits per heavy atom. The first-order valence-corrected chi connectivity index (χ1v) is 11.2. The van der Waals surface area contributed by atoms with Crippen LogP contribution in [0, 0.1) is 19.7 Å². The van der Waals surface area contributed by atoms with Crippen molar-refractivity contribution in [3.8, 4) is 0 Å². The lowest BCUT2D eigenvalue weighted by Crippen LogP contribution is -2.48. The quantitative estimate of drug-likeness (QED) is 0.595. The van der Waals surface area contributed by atoms with Crippen molar-refractivity contribution in [1.82, 2.24) is 9.21 Å². The second kappa shape index (κ2) is 7.94. The molecule has 1 fully saturated rings. The van der Waals surface area contributed by atoms with E-state index in [9.17, 15) is 17.6 Å². The zero-order valence-electron chi connectivity index (χ0n) is 16.9. The van der Waals surface area contributed by atoms with Crippen LogP contribution in [0.2, 0.25) is 0 Å². The van der Waals surface area contributed by atoms with Crippen molar-refractivity contribution in [2.75, 3.05) is 26.2 Å². The van der Waals surface area contributed by atoms with Gasteiger partial charge in [0.25, 0.3) is 0 Å². The summed E-state index contributed by atoms with van der Waals surface area (Å²) in [5.41, 5.74) is 3.23. The van der Waals surface area contributed by atoms with Crippen LogP contribution in [0.25, 0.3) is 11.0 Å². The van der Waals surface area contributed by atoms with Gasteiger partial charge in [0.1, 0.15) is 11.4 Å². The number of hydrogen-bond donors (Lipinski definition) is 0. The number of sulfonamides is 1. The van der Waals surface area contributed by atoms with E-state index in [-0.39, 0.29) is 4.90 Å². The van der Waals surface area contributed by atoms with E-state index in [0.29, 0.717) is 38.3 Å². The lowest BCUT2D eigenvalue weighted by molar-refractivity contribution is 0.182. The van der Waals surface area contributed by atoms with Crippen LogP contribution >= 0.6 is 0 Å². The van der Waals surface area contributed by atoms with Gasteiger partial charge in [0, 0.05) is 44.2 Å². The van der Waals surface area contributed by atoms with Crippen molar-refractivity contribution >= 4 is 21.0 Å². The van der Waals surface area contributed by atoms with Gasteiger partial charge in [-0.15, -0.1) is 0 Å². The summed E-state index contributed by atoms with van der Waals surface area (Å²) in [5, 5.41) is 0.902. The molecule has 0 aliphatic carbocycles. The van der Waals surface area contributed by atoms with E-state index in [2.05, 4.69) is 4.90 Å². The zero-order chi connectivity index (χ0) is 21.5. The first kappa shape index (κ1) is 20.7. The molecule has 0 bridgehead atoms. The van der Waals surface area contributed by atoms with Crippen LogP contribution < -0.4 is 5.63 Å². The summed E-state index contributed by atoms with van der Waals surface area (Å²) in [7, 11) is -3.65. The molecule has 1 saturated heterocycles. The Kier molecular flexibility index (Phi) is 5.48. The van der Waals surface area contributed by atoms with Crippen molar-refractivity contribution in [3.63, 3.8) is 0 Å². The molecule has 0 amide bonds. The summed E-state index contributed by atoms with van der Waals surface area (Å²) >= 11 is 0. The lowest BCUT2D eigenvalue weighted by Gasteiger charge is -2.34. The predicted molar refractivity (Wildman–Crippen MR) is 112 cm³/mol. The molecule has 0 atom stereocenters. The molecule has 0 unspecified atom stereocenters. The smallest absolute Gasteiger partial charge is 0.336 e. The number of piperazine rings is 1. The van der Waals surface area contributed by atoms with Gasteiger partial charge in [-0.25, -0.2) is 17.6 Å². The molecule has 4 rings (SSSR count). The van der Waals surface area contributed by atoms with Gasteiger partial charge in [0.05, 0.1) is 4.90 Å². The van der Waals surface area contributed by atoms with Gasteiger partial charge in [0.15, 0.2) is 0 Å². The molecule has 158 valence electrons. The Bertz CT molecular complexity index is 1240. The number of fused-ring (bicyclic) bond motifs is 1. The van der Waals surface area contributed by atoms with Gasteiger partial charge < -0.3 is 4.42 Å². The van der Waals surface area contributed by atoms with Crippen molar-refractivity contribution < 1.29 is 17.2 Å². The van der Waals surface area contributed by atoms with E-state index in [1.165, 1.54) is 22.5 Å². The largest absolute Gasteiger partial charge is 0.423 e. The maximum atomic E-state index is 13.1. The third-order valence-electron chi connectivity index (χ3n) is 5.62. The second-order valence-corrected chi connectivity index (χ2v) is 9.60. The third-order valence-corrected chi connectivity index (χ3v) is 7.53. The van der Waals surface area contributed by atoms with Gasteiger partial charge in [-0.1, -0.05) is 0 Å². The molecular weight excluding hydrogens is 407 g/mol. The van der Waals surface area contributed by atoms with Crippen molar-refractivity contribution in [2.24, 2.45) is 0 Å². The number of hydrogen-bond acceptors (Lipinski definition) is 5. The minimum Gasteiger partial charge on any atom is -0.423 e. The van der Waals surface area contributed by atoms with Gasteiger partial charge >= 0.3 is 5.63 Å². The Morgan fingerprint density at radius 3 is 2.27 bits per heavy atom. The molecule has 3 aromatic rings. The highest BCUT2D eigenvalue weighted by molar-refractivity contribution is 7.89. The first-order chi connectivity index (χ1) is 14.2. The molecule has 2 heterocycles. The highest BCUT2D eigenvalue weighted by atomic mass is 32.2. The number of nitrogens with zero attached hydrogens (tertiary/aromatic N) is 2. The van der Waals surface area contributed by atoms with E-state index in [4.69, 9.17) is 4.42 Å².